The van der Waals surface area contributed by atoms with E-state index in [-0.39, 0.29) is 18.3 Å². The van der Waals surface area contributed by atoms with Crippen molar-refractivity contribution in [3.05, 3.63) is 22.4 Å². The standard InChI is InChI=1S/C14H20N2OS.ClH/c1-16(14(17)9-13-3-2-6-18-13)12-7-10-4-5-11(8-12)15-10;/h2-3,6,10-12,15H,4-5,7-9H2,1H3;1H. The van der Waals surface area contributed by atoms with E-state index in [4.69, 9.17) is 0 Å². The Morgan fingerprint density at radius 1 is 1.42 bits per heavy atom. The first-order chi connectivity index (χ1) is 8.72. The summed E-state index contributed by atoms with van der Waals surface area (Å²) in [5.41, 5.74) is 0. The second kappa shape index (κ2) is 6.25. The minimum Gasteiger partial charge on any atom is -0.342 e. The Bertz CT molecular complexity index is 411. The van der Waals surface area contributed by atoms with Crippen LogP contribution in [0.15, 0.2) is 17.5 Å². The van der Waals surface area contributed by atoms with Gasteiger partial charge in [0.15, 0.2) is 0 Å². The van der Waals surface area contributed by atoms with Gasteiger partial charge >= 0.3 is 0 Å². The Hall–Kier alpha value is -0.580. The van der Waals surface area contributed by atoms with E-state index in [0.29, 0.717) is 24.5 Å². The zero-order valence-corrected chi connectivity index (χ0v) is 12.8. The molecule has 2 aliphatic rings. The van der Waals surface area contributed by atoms with E-state index in [2.05, 4.69) is 5.32 Å². The van der Waals surface area contributed by atoms with Crippen molar-refractivity contribution in [1.82, 2.24) is 10.2 Å². The number of carbonyl (C=O) groups excluding carboxylic acids is 1. The number of thiophene rings is 1. The van der Waals surface area contributed by atoms with Gasteiger partial charge in [0, 0.05) is 30.1 Å². The fraction of sp³-hybridized carbons (Fsp3) is 0.643. The van der Waals surface area contributed by atoms with E-state index >= 15 is 0 Å². The van der Waals surface area contributed by atoms with Crippen LogP contribution in [0.2, 0.25) is 0 Å². The van der Waals surface area contributed by atoms with Crippen LogP contribution in [0.3, 0.4) is 0 Å². The molecule has 3 heterocycles. The minimum atomic E-state index is 0. The van der Waals surface area contributed by atoms with Crippen molar-refractivity contribution < 1.29 is 4.79 Å². The van der Waals surface area contributed by atoms with E-state index in [1.54, 1.807) is 11.3 Å². The summed E-state index contributed by atoms with van der Waals surface area (Å²) in [5, 5.41) is 5.66. The second-order valence-electron chi connectivity index (χ2n) is 5.52. The smallest absolute Gasteiger partial charge is 0.227 e. The number of nitrogens with zero attached hydrogens (tertiary/aromatic N) is 1. The molecule has 0 aliphatic carbocycles. The van der Waals surface area contributed by atoms with E-state index in [1.165, 1.54) is 17.7 Å². The highest BCUT2D eigenvalue weighted by Crippen LogP contribution is 2.29. The molecule has 2 unspecified atom stereocenters. The van der Waals surface area contributed by atoms with Crippen LogP contribution in [0.25, 0.3) is 0 Å². The Morgan fingerprint density at radius 3 is 2.68 bits per heavy atom. The van der Waals surface area contributed by atoms with Crippen molar-refractivity contribution in [2.24, 2.45) is 0 Å². The molecule has 19 heavy (non-hydrogen) atoms. The molecule has 0 aromatic carbocycles. The average Bonchev–Trinajstić information content (AvgIpc) is 2.98. The molecular formula is C14H21ClN2OS. The molecule has 2 atom stereocenters. The average molecular weight is 301 g/mol. The first-order valence-corrected chi connectivity index (χ1v) is 7.64. The SMILES string of the molecule is CN(C(=O)Cc1cccs1)C1CC2CCC(C1)N2.Cl. The molecule has 2 bridgehead atoms. The number of fused-ring (bicyclic) bond motifs is 2. The van der Waals surface area contributed by atoms with E-state index in [1.807, 2.05) is 29.5 Å². The Balaban J connectivity index is 0.00000133. The van der Waals surface area contributed by atoms with Gasteiger partial charge in [-0.05, 0) is 37.1 Å². The Morgan fingerprint density at radius 2 is 2.11 bits per heavy atom. The number of halogens is 1. The number of amides is 1. The number of hydrogen-bond acceptors (Lipinski definition) is 3. The van der Waals surface area contributed by atoms with Gasteiger partial charge in [-0.1, -0.05) is 6.07 Å². The van der Waals surface area contributed by atoms with Crippen LogP contribution in [-0.2, 0) is 11.2 Å². The number of rotatable bonds is 3. The van der Waals surface area contributed by atoms with Crippen LogP contribution in [-0.4, -0.2) is 36.0 Å². The summed E-state index contributed by atoms with van der Waals surface area (Å²) < 4.78 is 0. The van der Waals surface area contributed by atoms with Crippen molar-refractivity contribution in [3.8, 4) is 0 Å². The fourth-order valence-corrected chi connectivity index (χ4v) is 3.93. The monoisotopic (exact) mass is 300 g/mol. The number of piperidine rings is 1. The highest BCUT2D eigenvalue weighted by atomic mass is 35.5. The Labute approximate surface area is 124 Å². The number of hydrogen-bond donors (Lipinski definition) is 1. The summed E-state index contributed by atoms with van der Waals surface area (Å²) in [6, 6.07) is 5.79. The minimum absolute atomic E-state index is 0. The Kier molecular flexibility index (Phi) is 4.87. The first-order valence-electron chi connectivity index (χ1n) is 6.76. The molecule has 106 valence electrons. The lowest BCUT2D eigenvalue weighted by Crippen LogP contribution is -2.49. The third kappa shape index (κ3) is 3.30. The predicted octanol–water partition coefficient (Wildman–Crippen LogP) is 2.45. The van der Waals surface area contributed by atoms with Crippen LogP contribution in [0.4, 0.5) is 0 Å². The molecule has 2 aliphatic heterocycles. The van der Waals surface area contributed by atoms with Crippen molar-refractivity contribution in [2.45, 2.75) is 50.2 Å². The maximum absolute atomic E-state index is 12.3. The summed E-state index contributed by atoms with van der Waals surface area (Å²) >= 11 is 1.67. The molecule has 2 saturated heterocycles. The highest BCUT2D eigenvalue weighted by Gasteiger charge is 2.36. The topological polar surface area (TPSA) is 32.3 Å². The summed E-state index contributed by atoms with van der Waals surface area (Å²) in [7, 11) is 1.98. The van der Waals surface area contributed by atoms with Gasteiger partial charge in [-0.2, -0.15) is 0 Å². The zero-order chi connectivity index (χ0) is 12.5. The van der Waals surface area contributed by atoms with Crippen LogP contribution >= 0.6 is 23.7 Å². The van der Waals surface area contributed by atoms with Crippen LogP contribution < -0.4 is 5.32 Å². The molecule has 0 saturated carbocycles. The van der Waals surface area contributed by atoms with Gasteiger partial charge in [0.1, 0.15) is 0 Å². The van der Waals surface area contributed by atoms with Crippen LogP contribution in [0.1, 0.15) is 30.6 Å². The van der Waals surface area contributed by atoms with Gasteiger partial charge in [0.2, 0.25) is 5.91 Å². The van der Waals surface area contributed by atoms with Crippen LogP contribution in [0, 0.1) is 0 Å². The molecule has 2 fully saturated rings. The van der Waals surface area contributed by atoms with Gasteiger partial charge in [0.05, 0.1) is 6.42 Å². The van der Waals surface area contributed by atoms with Crippen molar-refractivity contribution in [3.63, 3.8) is 0 Å². The molecule has 0 radical (unpaired) electrons. The third-order valence-corrected chi connectivity index (χ3v) is 5.17. The molecule has 1 aromatic heterocycles. The molecule has 1 amide bonds. The third-order valence-electron chi connectivity index (χ3n) is 4.29. The molecule has 5 heteroatoms. The number of likely N-dealkylation sites (N-methyl/N-ethyl adjacent to an activating group) is 1. The van der Waals surface area contributed by atoms with Crippen LogP contribution in [0.5, 0.6) is 0 Å². The maximum atomic E-state index is 12.3. The lowest BCUT2D eigenvalue weighted by molar-refractivity contribution is -0.131. The summed E-state index contributed by atoms with van der Waals surface area (Å²) in [4.78, 5) is 15.4. The number of nitrogens with one attached hydrogen (secondary N) is 1. The fourth-order valence-electron chi connectivity index (χ4n) is 3.23. The lowest BCUT2D eigenvalue weighted by Gasteiger charge is -2.35. The number of carbonyl (C=O) groups is 1. The zero-order valence-electron chi connectivity index (χ0n) is 11.2. The summed E-state index contributed by atoms with van der Waals surface area (Å²) in [6.07, 6.45) is 5.39. The molecule has 1 aromatic rings. The lowest BCUT2D eigenvalue weighted by atomic mass is 9.98. The van der Waals surface area contributed by atoms with Crippen molar-refractivity contribution in [2.75, 3.05) is 7.05 Å². The normalized spacial score (nSPS) is 28.8. The largest absolute Gasteiger partial charge is 0.342 e. The highest BCUT2D eigenvalue weighted by molar-refractivity contribution is 7.10. The molecule has 1 N–H and O–H groups in total. The molecular weight excluding hydrogens is 280 g/mol. The molecule has 3 rings (SSSR count). The summed E-state index contributed by atoms with van der Waals surface area (Å²) in [6.45, 7) is 0. The van der Waals surface area contributed by atoms with Gasteiger partial charge in [0.25, 0.3) is 0 Å². The van der Waals surface area contributed by atoms with Crippen molar-refractivity contribution >= 4 is 29.7 Å². The predicted molar refractivity (Wildman–Crippen MR) is 81.0 cm³/mol. The van der Waals surface area contributed by atoms with E-state index < -0.39 is 0 Å². The van der Waals surface area contributed by atoms with Crippen molar-refractivity contribution in [1.29, 1.82) is 0 Å². The van der Waals surface area contributed by atoms with E-state index in [9.17, 15) is 4.79 Å². The quantitative estimate of drug-likeness (QED) is 0.930. The molecule has 3 nitrogen and oxygen atoms in total. The second-order valence-corrected chi connectivity index (χ2v) is 6.56. The van der Waals surface area contributed by atoms with Gasteiger partial charge in [-0.15, -0.1) is 23.7 Å². The van der Waals surface area contributed by atoms with Gasteiger partial charge < -0.3 is 10.2 Å². The van der Waals surface area contributed by atoms with Gasteiger partial charge in [-0.25, -0.2) is 0 Å². The summed E-state index contributed by atoms with van der Waals surface area (Å²) in [5.74, 6) is 0.267. The van der Waals surface area contributed by atoms with E-state index in [0.717, 1.165) is 12.8 Å². The van der Waals surface area contributed by atoms with Gasteiger partial charge in [-0.3, -0.25) is 4.79 Å². The maximum Gasteiger partial charge on any atom is 0.227 e. The first kappa shape index (κ1) is 14.8. The molecule has 0 spiro atoms.